The van der Waals surface area contributed by atoms with Gasteiger partial charge in [0.2, 0.25) is 0 Å². The second-order valence-corrected chi connectivity index (χ2v) is 2.45. The van der Waals surface area contributed by atoms with Crippen molar-refractivity contribution >= 4 is 28.3 Å². The zero-order valence-corrected chi connectivity index (χ0v) is 10.9. The molecule has 0 nitrogen and oxygen atoms in total. The van der Waals surface area contributed by atoms with E-state index >= 15 is 0 Å². The minimum absolute atomic E-state index is 0. The van der Waals surface area contributed by atoms with E-state index in [2.05, 4.69) is 22.9 Å². The van der Waals surface area contributed by atoms with E-state index in [1.165, 1.54) is 0 Å². The molecule has 0 aliphatic heterocycles. The molecule has 0 radical (unpaired) electrons. The molecule has 0 saturated heterocycles. The number of rotatable bonds is 0. The molecule has 0 N–H and O–H groups in total. The summed E-state index contributed by atoms with van der Waals surface area (Å²) in [5.74, 6) is 0. The molecule has 0 bridgehead atoms. The van der Waals surface area contributed by atoms with Gasteiger partial charge in [-0.25, -0.2) is 0 Å². The Balaban J connectivity index is 0. The molecular formula is C7H7BrClZn-. The summed E-state index contributed by atoms with van der Waals surface area (Å²) >= 11 is 3.33. The van der Waals surface area contributed by atoms with Crippen molar-refractivity contribution < 1.29 is 19.5 Å². The van der Waals surface area contributed by atoms with Gasteiger partial charge in [-0.1, -0.05) is 10.5 Å². The molecule has 0 aromatic heterocycles. The van der Waals surface area contributed by atoms with Gasteiger partial charge < -0.3 is 0 Å². The van der Waals surface area contributed by atoms with Crippen LogP contribution in [0.15, 0.2) is 28.7 Å². The second-order valence-electron chi connectivity index (χ2n) is 1.59. The van der Waals surface area contributed by atoms with Crippen LogP contribution < -0.4 is 0 Å². The van der Waals surface area contributed by atoms with Gasteiger partial charge in [-0.3, -0.25) is 0 Å². The van der Waals surface area contributed by atoms with Gasteiger partial charge in [0, 0.05) is 19.5 Å². The van der Waals surface area contributed by atoms with Crippen LogP contribution in [0.3, 0.4) is 0 Å². The van der Waals surface area contributed by atoms with Gasteiger partial charge in [0.05, 0.1) is 0 Å². The summed E-state index contributed by atoms with van der Waals surface area (Å²) in [6.45, 7) is 3.77. The molecule has 0 atom stereocenters. The SMILES string of the molecule is Cl.[CH2-]c1ccccc1Br.[Zn]. The molecule has 0 fully saturated rings. The van der Waals surface area contributed by atoms with E-state index in [-0.39, 0.29) is 31.9 Å². The van der Waals surface area contributed by atoms with Gasteiger partial charge in [-0.15, -0.1) is 40.5 Å². The average molecular weight is 272 g/mol. The Morgan fingerprint density at radius 1 is 1.20 bits per heavy atom. The van der Waals surface area contributed by atoms with Crippen molar-refractivity contribution in [1.29, 1.82) is 0 Å². The van der Waals surface area contributed by atoms with E-state index in [9.17, 15) is 0 Å². The Hall–Kier alpha value is 0.483. The summed E-state index contributed by atoms with van der Waals surface area (Å²) in [7, 11) is 0. The van der Waals surface area contributed by atoms with Gasteiger partial charge in [-0.05, 0) is 0 Å². The maximum Gasteiger partial charge on any atom is 0 e. The molecule has 1 rings (SSSR count). The Labute approximate surface area is 88.7 Å². The average Bonchev–Trinajstić information content (AvgIpc) is 1.77. The molecule has 1 aromatic carbocycles. The van der Waals surface area contributed by atoms with Gasteiger partial charge >= 0.3 is 0 Å². The van der Waals surface area contributed by atoms with Crippen molar-refractivity contribution in [2.75, 3.05) is 0 Å². The van der Waals surface area contributed by atoms with Crippen LogP contribution >= 0.6 is 28.3 Å². The molecule has 0 heterocycles. The van der Waals surface area contributed by atoms with Gasteiger partial charge in [0.25, 0.3) is 0 Å². The number of benzene rings is 1. The van der Waals surface area contributed by atoms with E-state index in [1.807, 2.05) is 24.3 Å². The van der Waals surface area contributed by atoms with E-state index in [0.717, 1.165) is 10.0 Å². The summed E-state index contributed by atoms with van der Waals surface area (Å²) in [4.78, 5) is 0. The number of hydrogen-bond acceptors (Lipinski definition) is 0. The van der Waals surface area contributed by atoms with Crippen molar-refractivity contribution in [1.82, 2.24) is 0 Å². The van der Waals surface area contributed by atoms with Crippen molar-refractivity contribution in [2.45, 2.75) is 0 Å². The van der Waals surface area contributed by atoms with Gasteiger partial charge in [-0.2, -0.15) is 18.6 Å². The summed E-state index contributed by atoms with van der Waals surface area (Å²) in [6, 6.07) is 7.87. The minimum atomic E-state index is 0. The fraction of sp³-hybridized carbons (Fsp3) is 0. The summed E-state index contributed by atoms with van der Waals surface area (Å²) in [5, 5.41) is 0. The van der Waals surface area contributed by atoms with Crippen molar-refractivity contribution in [2.24, 2.45) is 0 Å². The molecule has 0 saturated carbocycles. The molecule has 0 spiro atoms. The maximum absolute atomic E-state index is 3.77. The smallest absolute Gasteiger partial charge is 0 e. The van der Waals surface area contributed by atoms with Gasteiger partial charge in [0.15, 0.2) is 0 Å². The number of halogens is 2. The monoisotopic (exact) mass is 269 g/mol. The third-order valence-corrected chi connectivity index (χ3v) is 1.73. The van der Waals surface area contributed by atoms with E-state index in [0.29, 0.717) is 0 Å². The van der Waals surface area contributed by atoms with Crippen molar-refractivity contribution in [3.63, 3.8) is 0 Å². The first-order valence-electron chi connectivity index (χ1n) is 2.37. The quantitative estimate of drug-likeness (QED) is 0.503. The first kappa shape index (κ1) is 13.1. The zero-order valence-electron chi connectivity index (χ0n) is 5.51. The van der Waals surface area contributed by atoms with Crippen LogP contribution in [0.25, 0.3) is 0 Å². The predicted molar refractivity (Wildman–Crippen MR) is 45.8 cm³/mol. The topological polar surface area (TPSA) is 0 Å². The molecule has 1 aromatic rings. The second kappa shape index (κ2) is 6.21. The molecular weight excluding hydrogens is 265 g/mol. The summed E-state index contributed by atoms with van der Waals surface area (Å²) < 4.78 is 1.07. The molecule has 52 valence electrons. The Morgan fingerprint density at radius 3 is 2.00 bits per heavy atom. The predicted octanol–water partition coefficient (Wildman–Crippen LogP) is 3.05. The summed E-state index contributed by atoms with van der Waals surface area (Å²) in [5.41, 5.74) is 1.03. The first-order valence-corrected chi connectivity index (χ1v) is 3.16. The van der Waals surface area contributed by atoms with E-state index < -0.39 is 0 Å². The molecule has 0 amide bonds. The molecule has 0 aliphatic rings. The number of hydrogen-bond donors (Lipinski definition) is 0. The standard InChI is InChI=1S/C7H6Br.ClH.Zn/c1-6-4-2-3-5-7(6)8;;/h2-5H,1H2;1H;/q-1;;. The Bertz CT molecular complexity index is 170. The third-order valence-electron chi connectivity index (χ3n) is 0.958. The van der Waals surface area contributed by atoms with Gasteiger partial charge in [0.1, 0.15) is 0 Å². The summed E-state index contributed by atoms with van der Waals surface area (Å²) in [6.07, 6.45) is 0. The normalized spacial score (nSPS) is 7.30. The fourth-order valence-electron chi connectivity index (χ4n) is 0.498. The third kappa shape index (κ3) is 3.60. The molecule has 0 aliphatic carbocycles. The van der Waals surface area contributed by atoms with Crippen molar-refractivity contribution in [3.8, 4) is 0 Å². The molecule has 3 heteroatoms. The maximum atomic E-state index is 3.77. The Morgan fingerprint density at radius 2 is 1.70 bits per heavy atom. The van der Waals surface area contributed by atoms with Crippen molar-refractivity contribution in [3.05, 3.63) is 41.2 Å². The first-order chi connectivity index (χ1) is 3.80. The molecule has 10 heavy (non-hydrogen) atoms. The Kier molecular flexibility index (Phi) is 8.14. The van der Waals surface area contributed by atoms with Crippen LogP contribution in [0.4, 0.5) is 0 Å². The minimum Gasteiger partial charge on any atom is -0.198 e. The van der Waals surface area contributed by atoms with Crippen LogP contribution in [0.1, 0.15) is 5.56 Å². The van der Waals surface area contributed by atoms with E-state index in [4.69, 9.17) is 0 Å². The van der Waals surface area contributed by atoms with Crippen LogP contribution in [0.2, 0.25) is 0 Å². The zero-order chi connectivity index (χ0) is 5.98. The largest absolute Gasteiger partial charge is 0.198 e. The molecule has 0 unspecified atom stereocenters. The van der Waals surface area contributed by atoms with Crippen LogP contribution in [-0.2, 0) is 19.5 Å². The van der Waals surface area contributed by atoms with Crippen LogP contribution in [-0.4, -0.2) is 0 Å². The fourth-order valence-corrected chi connectivity index (χ4v) is 0.783. The van der Waals surface area contributed by atoms with Crippen LogP contribution in [0.5, 0.6) is 0 Å². The van der Waals surface area contributed by atoms with E-state index in [1.54, 1.807) is 0 Å². The van der Waals surface area contributed by atoms with Crippen LogP contribution in [0, 0.1) is 6.92 Å².